The normalized spacial score (nSPS) is 17.5. The number of anilines is 1. The lowest BCUT2D eigenvalue weighted by atomic mass is 10.00. The molecule has 1 aromatic rings. The van der Waals surface area contributed by atoms with Crippen molar-refractivity contribution < 1.29 is 24.0 Å². The van der Waals surface area contributed by atoms with Crippen LogP contribution in [0, 0.1) is 0 Å². The van der Waals surface area contributed by atoms with E-state index in [-0.39, 0.29) is 18.4 Å². The summed E-state index contributed by atoms with van der Waals surface area (Å²) < 4.78 is 11.2. The maximum absolute atomic E-state index is 12.7. The number of likely N-dealkylation sites (tertiary alicyclic amines) is 1. The number of hydrogen-bond donors (Lipinski definition) is 2. The Balaban J connectivity index is 1.89. The number of piperidine rings is 1. The van der Waals surface area contributed by atoms with E-state index in [1.165, 1.54) is 6.42 Å². The Hall–Kier alpha value is -2.28. The molecular formula is C22H36N3O4+. The van der Waals surface area contributed by atoms with Crippen LogP contribution in [0.5, 0.6) is 11.5 Å². The number of carbonyl (C=O) groups excluding carboxylic acids is 2. The standard InChI is InChI=1S/C22H35N3O4/c1-5-18-10-8-9-13-25(18)22(27)16-24(4)15-21(26)23-17-11-12-19(28-6-2)20(14-17)29-7-3/h11-12,14,18H,5-10,13,15-16H2,1-4H3,(H,23,26)/p+1/t18-/m1/s1. The molecule has 7 heteroatoms. The van der Waals surface area contributed by atoms with Gasteiger partial charge in [-0.2, -0.15) is 0 Å². The minimum absolute atomic E-state index is 0.132. The van der Waals surface area contributed by atoms with Crippen molar-refractivity contribution in [3.8, 4) is 11.5 Å². The predicted molar refractivity (Wildman–Crippen MR) is 114 cm³/mol. The van der Waals surface area contributed by atoms with Gasteiger partial charge in [0.05, 0.1) is 20.3 Å². The molecule has 2 N–H and O–H groups in total. The zero-order valence-electron chi connectivity index (χ0n) is 18.3. The van der Waals surface area contributed by atoms with Crippen molar-refractivity contribution in [1.29, 1.82) is 0 Å². The van der Waals surface area contributed by atoms with E-state index in [1.807, 2.05) is 25.8 Å². The van der Waals surface area contributed by atoms with Gasteiger partial charge < -0.3 is 24.6 Å². The lowest BCUT2D eigenvalue weighted by Gasteiger charge is -2.35. The zero-order chi connectivity index (χ0) is 21.2. The Morgan fingerprint density at radius 2 is 1.83 bits per heavy atom. The molecule has 2 rings (SSSR count). The van der Waals surface area contributed by atoms with E-state index in [2.05, 4.69) is 12.2 Å². The van der Waals surface area contributed by atoms with Gasteiger partial charge in [0.15, 0.2) is 24.6 Å². The summed E-state index contributed by atoms with van der Waals surface area (Å²) in [6.07, 6.45) is 4.34. The number of quaternary nitrogens is 1. The first-order chi connectivity index (χ1) is 14.0. The Labute approximate surface area is 174 Å². The molecule has 1 aliphatic rings. The SMILES string of the molecule is CCOc1ccc(NC(=O)C[NH+](C)CC(=O)N2CCCC[C@H]2CC)cc1OCC. The molecule has 0 saturated carbocycles. The first-order valence-electron chi connectivity index (χ1n) is 10.8. The molecule has 0 spiro atoms. The largest absolute Gasteiger partial charge is 0.490 e. The van der Waals surface area contributed by atoms with Crippen LogP contribution in [-0.2, 0) is 9.59 Å². The Morgan fingerprint density at radius 1 is 1.10 bits per heavy atom. The van der Waals surface area contributed by atoms with Crippen molar-refractivity contribution in [3.05, 3.63) is 18.2 Å². The fourth-order valence-corrected chi connectivity index (χ4v) is 3.78. The van der Waals surface area contributed by atoms with Crippen LogP contribution < -0.4 is 19.7 Å². The molecule has 0 aromatic heterocycles. The minimum atomic E-state index is -0.132. The zero-order valence-corrected chi connectivity index (χ0v) is 18.3. The minimum Gasteiger partial charge on any atom is -0.490 e. The van der Waals surface area contributed by atoms with Crippen LogP contribution in [0.1, 0.15) is 46.5 Å². The molecule has 0 bridgehead atoms. The molecule has 2 atom stereocenters. The molecule has 1 aliphatic heterocycles. The van der Waals surface area contributed by atoms with Gasteiger partial charge in [0.25, 0.3) is 11.8 Å². The Kier molecular flexibility index (Phi) is 9.25. The number of nitrogens with one attached hydrogen (secondary N) is 2. The summed E-state index contributed by atoms with van der Waals surface area (Å²) in [5.41, 5.74) is 0.656. The van der Waals surface area contributed by atoms with Gasteiger partial charge in [-0.15, -0.1) is 0 Å². The molecule has 2 amide bonds. The van der Waals surface area contributed by atoms with Crippen molar-refractivity contribution in [1.82, 2.24) is 4.90 Å². The van der Waals surface area contributed by atoms with Gasteiger partial charge >= 0.3 is 0 Å². The number of ether oxygens (including phenoxy) is 2. The molecule has 1 aromatic carbocycles. The monoisotopic (exact) mass is 406 g/mol. The van der Waals surface area contributed by atoms with Gasteiger partial charge in [-0.1, -0.05) is 6.92 Å². The van der Waals surface area contributed by atoms with E-state index in [4.69, 9.17) is 9.47 Å². The predicted octanol–water partition coefficient (Wildman–Crippen LogP) is 1.73. The van der Waals surface area contributed by atoms with Gasteiger partial charge in [0, 0.05) is 24.3 Å². The molecule has 1 fully saturated rings. The van der Waals surface area contributed by atoms with Crippen LogP contribution in [0.4, 0.5) is 5.69 Å². The third-order valence-electron chi connectivity index (χ3n) is 5.16. The van der Waals surface area contributed by atoms with Crippen molar-refractivity contribution in [3.63, 3.8) is 0 Å². The van der Waals surface area contributed by atoms with Crippen LogP contribution in [-0.4, -0.2) is 62.7 Å². The van der Waals surface area contributed by atoms with Crippen LogP contribution in [0.2, 0.25) is 0 Å². The van der Waals surface area contributed by atoms with Gasteiger partial charge in [-0.25, -0.2) is 0 Å². The summed E-state index contributed by atoms with van der Waals surface area (Å²) in [4.78, 5) is 28.0. The van der Waals surface area contributed by atoms with E-state index in [9.17, 15) is 9.59 Å². The van der Waals surface area contributed by atoms with Crippen molar-refractivity contribution in [2.24, 2.45) is 0 Å². The highest BCUT2D eigenvalue weighted by molar-refractivity contribution is 5.92. The average Bonchev–Trinajstić information content (AvgIpc) is 2.70. The molecular weight excluding hydrogens is 370 g/mol. The van der Waals surface area contributed by atoms with Gasteiger partial charge in [0.1, 0.15) is 0 Å². The maximum Gasteiger partial charge on any atom is 0.279 e. The number of nitrogens with zero attached hydrogens (tertiary/aromatic N) is 1. The number of carbonyl (C=O) groups is 2. The van der Waals surface area contributed by atoms with Crippen molar-refractivity contribution in [2.45, 2.75) is 52.5 Å². The summed E-state index contributed by atoms with van der Waals surface area (Å²) in [6, 6.07) is 5.71. The highest BCUT2D eigenvalue weighted by Crippen LogP contribution is 2.30. The summed E-state index contributed by atoms with van der Waals surface area (Å²) in [6.45, 7) is 8.41. The van der Waals surface area contributed by atoms with E-state index in [0.717, 1.165) is 30.7 Å². The third kappa shape index (κ3) is 6.92. The molecule has 0 radical (unpaired) electrons. The topological polar surface area (TPSA) is 72.3 Å². The molecule has 0 aliphatic carbocycles. The Bertz CT molecular complexity index is 680. The van der Waals surface area contributed by atoms with Crippen LogP contribution >= 0.6 is 0 Å². The van der Waals surface area contributed by atoms with E-state index in [0.29, 0.717) is 43.0 Å². The summed E-state index contributed by atoms with van der Waals surface area (Å²) >= 11 is 0. The lowest BCUT2D eigenvalue weighted by Crippen LogP contribution is -3.11. The molecule has 1 unspecified atom stereocenters. The number of benzene rings is 1. The molecule has 29 heavy (non-hydrogen) atoms. The van der Waals surface area contributed by atoms with Gasteiger partial charge in [-0.3, -0.25) is 9.59 Å². The number of rotatable bonds is 10. The summed E-state index contributed by atoms with van der Waals surface area (Å²) in [5.74, 6) is 1.28. The highest BCUT2D eigenvalue weighted by Gasteiger charge is 2.27. The number of likely N-dealkylation sites (N-methyl/N-ethyl adjacent to an activating group) is 1. The second-order valence-electron chi connectivity index (χ2n) is 7.53. The fraction of sp³-hybridized carbons (Fsp3) is 0.636. The van der Waals surface area contributed by atoms with Crippen molar-refractivity contribution in [2.75, 3.05) is 45.2 Å². The number of hydrogen-bond acceptors (Lipinski definition) is 4. The smallest absolute Gasteiger partial charge is 0.279 e. The number of amides is 2. The van der Waals surface area contributed by atoms with E-state index >= 15 is 0 Å². The first kappa shape index (κ1) is 23.0. The fourth-order valence-electron chi connectivity index (χ4n) is 3.78. The van der Waals surface area contributed by atoms with Crippen LogP contribution in [0.15, 0.2) is 18.2 Å². The van der Waals surface area contributed by atoms with Gasteiger partial charge in [-0.05, 0) is 51.7 Å². The highest BCUT2D eigenvalue weighted by atomic mass is 16.5. The molecule has 1 heterocycles. The second-order valence-corrected chi connectivity index (χ2v) is 7.53. The van der Waals surface area contributed by atoms with E-state index in [1.54, 1.807) is 18.2 Å². The Morgan fingerprint density at radius 3 is 2.52 bits per heavy atom. The third-order valence-corrected chi connectivity index (χ3v) is 5.16. The molecule has 1 saturated heterocycles. The first-order valence-corrected chi connectivity index (χ1v) is 10.8. The second kappa shape index (κ2) is 11.7. The molecule has 7 nitrogen and oxygen atoms in total. The summed E-state index contributed by atoms with van der Waals surface area (Å²) in [5, 5.41) is 2.89. The van der Waals surface area contributed by atoms with Crippen molar-refractivity contribution >= 4 is 17.5 Å². The molecule has 162 valence electrons. The van der Waals surface area contributed by atoms with E-state index < -0.39 is 0 Å². The average molecular weight is 407 g/mol. The van der Waals surface area contributed by atoms with Crippen LogP contribution in [0.3, 0.4) is 0 Å². The lowest BCUT2D eigenvalue weighted by molar-refractivity contribution is -0.862. The van der Waals surface area contributed by atoms with Crippen LogP contribution in [0.25, 0.3) is 0 Å². The van der Waals surface area contributed by atoms with Gasteiger partial charge in [0.2, 0.25) is 0 Å². The maximum atomic E-state index is 12.7. The quantitative estimate of drug-likeness (QED) is 0.621. The summed E-state index contributed by atoms with van der Waals surface area (Å²) in [7, 11) is 1.88.